The number of benzene rings is 1. The van der Waals surface area contributed by atoms with E-state index < -0.39 is 5.97 Å². The highest BCUT2D eigenvalue weighted by Crippen LogP contribution is 2.35. The molecule has 6 nitrogen and oxygen atoms in total. The van der Waals surface area contributed by atoms with Gasteiger partial charge in [0.2, 0.25) is 0 Å². The van der Waals surface area contributed by atoms with Crippen LogP contribution in [0.1, 0.15) is 57.9 Å². The van der Waals surface area contributed by atoms with Crippen LogP contribution >= 0.6 is 24.0 Å². The Kier molecular flexibility index (Phi) is 10.2. The fourth-order valence-corrected chi connectivity index (χ4v) is 4.20. The van der Waals surface area contributed by atoms with Crippen molar-refractivity contribution < 1.29 is 24.2 Å². The molecule has 0 saturated carbocycles. The number of thioether (sulfide) groups is 1. The molecule has 0 unspecified atom stereocenters. The van der Waals surface area contributed by atoms with Gasteiger partial charge in [0.05, 0.1) is 18.1 Å². The van der Waals surface area contributed by atoms with Gasteiger partial charge in [0.15, 0.2) is 11.5 Å². The topological polar surface area (TPSA) is 76.1 Å². The first-order valence-electron chi connectivity index (χ1n) is 10.3. The number of rotatable bonds is 13. The molecule has 0 aliphatic carbocycles. The van der Waals surface area contributed by atoms with Crippen LogP contribution in [0.3, 0.4) is 0 Å². The number of carboxylic acids is 1. The van der Waals surface area contributed by atoms with E-state index in [1.54, 1.807) is 4.90 Å². The highest BCUT2D eigenvalue weighted by molar-refractivity contribution is 8.26. The van der Waals surface area contributed by atoms with Gasteiger partial charge in [-0.15, -0.1) is 0 Å². The quantitative estimate of drug-likeness (QED) is 0.254. The van der Waals surface area contributed by atoms with E-state index in [9.17, 15) is 9.59 Å². The summed E-state index contributed by atoms with van der Waals surface area (Å²) in [5.41, 5.74) is 0.850. The predicted molar refractivity (Wildman–Crippen MR) is 124 cm³/mol. The standard InChI is InChI=1S/C22H29NO5S2/c1-3-5-13-28-17-11-10-16(14-18(17)27-4-2)15-19-21(26)23(22(29)30-19)12-8-6-7-9-20(24)25/h10-11,14-15H,3-9,12-13H2,1-2H3,(H,24,25)/b19-15-. The molecule has 0 atom stereocenters. The van der Waals surface area contributed by atoms with Gasteiger partial charge in [-0.1, -0.05) is 49.8 Å². The second-order valence-corrected chi connectivity index (χ2v) is 8.55. The average Bonchev–Trinajstić information content (AvgIpc) is 2.96. The Morgan fingerprint density at radius 2 is 1.97 bits per heavy atom. The zero-order valence-corrected chi connectivity index (χ0v) is 19.2. The van der Waals surface area contributed by atoms with E-state index in [4.69, 9.17) is 26.8 Å². The molecule has 8 heteroatoms. The number of nitrogens with zero attached hydrogens (tertiary/aromatic N) is 1. The van der Waals surface area contributed by atoms with Crippen LogP contribution in [0.5, 0.6) is 11.5 Å². The summed E-state index contributed by atoms with van der Waals surface area (Å²) in [5, 5.41) is 8.69. The van der Waals surface area contributed by atoms with Crippen LogP contribution in [-0.4, -0.2) is 46.0 Å². The molecule has 1 heterocycles. The molecule has 164 valence electrons. The number of aliphatic carboxylic acids is 1. The van der Waals surface area contributed by atoms with E-state index in [2.05, 4.69) is 6.92 Å². The summed E-state index contributed by atoms with van der Waals surface area (Å²) in [6, 6.07) is 5.65. The van der Waals surface area contributed by atoms with Crippen molar-refractivity contribution >= 4 is 46.3 Å². The van der Waals surface area contributed by atoms with Crippen molar-refractivity contribution in [2.45, 2.75) is 52.4 Å². The maximum atomic E-state index is 12.7. The van der Waals surface area contributed by atoms with Crippen LogP contribution in [0.2, 0.25) is 0 Å². The number of amides is 1. The first-order chi connectivity index (χ1) is 14.5. The van der Waals surface area contributed by atoms with Gasteiger partial charge in [-0.25, -0.2) is 0 Å². The molecule has 1 fully saturated rings. The van der Waals surface area contributed by atoms with Crippen molar-refractivity contribution in [3.63, 3.8) is 0 Å². The van der Waals surface area contributed by atoms with Crippen LogP contribution < -0.4 is 9.47 Å². The summed E-state index contributed by atoms with van der Waals surface area (Å²) in [6.07, 6.45) is 6.09. The number of carboxylic acid groups (broad SMARTS) is 1. The molecular formula is C22H29NO5S2. The molecule has 1 amide bonds. The lowest BCUT2D eigenvalue weighted by Crippen LogP contribution is -2.29. The molecule has 1 aliphatic heterocycles. The normalized spacial score (nSPS) is 15.1. The molecule has 1 aliphatic rings. The zero-order chi connectivity index (χ0) is 21.9. The minimum Gasteiger partial charge on any atom is -0.490 e. The van der Waals surface area contributed by atoms with Gasteiger partial charge in [0, 0.05) is 13.0 Å². The van der Waals surface area contributed by atoms with Crippen LogP contribution in [-0.2, 0) is 9.59 Å². The third kappa shape index (κ3) is 7.32. The van der Waals surface area contributed by atoms with E-state index >= 15 is 0 Å². The number of thiocarbonyl (C=S) groups is 1. The van der Waals surface area contributed by atoms with Crippen molar-refractivity contribution in [2.75, 3.05) is 19.8 Å². The Bertz CT molecular complexity index is 794. The molecule has 0 radical (unpaired) electrons. The van der Waals surface area contributed by atoms with Crippen molar-refractivity contribution in [1.82, 2.24) is 4.90 Å². The Hall–Kier alpha value is -2.06. The Morgan fingerprint density at radius 3 is 2.67 bits per heavy atom. The monoisotopic (exact) mass is 451 g/mol. The number of hydrogen-bond donors (Lipinski definition) is 1. The molecule has 0 spiro atoms. The first-order valence-corrected chi connectivity index (χ1v) is 11.6. The van der Waals surface area contributed by atoms with E-state index in [0.717, 1.165) is 31.2 Å². The molecule has 1 N–H and O–H groups in total. The fraction of sp³-hybridized carbons (Fsp3) is 0.500. The molecule has 0 bridgehead atoms. The zero-order valence-electron chi connectivity index (χ0n) is 17.5. The van der Waals surface area contributed by atoms with Crippen LogP contribution in [0.4, 0.5) is 0 Å². The predicted octanol–water partition coefficient (Wildman–Crippen LogP) is 5.11. The molecule has 30 heavy (non-hydrogen) atoms. The van der Waals surface area contributed by atoms with Gasteiger partial charge in [0.1, 0.15) is 4.32 Å². The van der Waals surface area contributed by atoms with Crippen molar-refractivity contribution in [1.29, 1.82) is 0 Å². The largest absolute Gasteiger partial charge is 0.490 e. The van der Waals surface area contributed by atoms with E-state index in [-0.39, 0.29) is 12.3 Å². The maximum Gasteiger partial charge on any atom is 0.303 e. The summed E-state index contributed by atoms with van der Waals surface area (Å²) < 4.78 is 12.1. The number of hydrogen-bond acceptors (Lipinski definition) is 6. The highest BCUT2D eigenvalue weighted by Gasteiger charge is 2.31. The van der Waals surface area contributed by atoms with Gasteiger partial charge in [-0.3, -0.25) is 14.5 Å². The van der Waals surface area contributed by atoms with Crippen LogP contribution in [0.15, 0.2) is 23.1 Å². The van der Waals surface area contributed by atoms with Gasteiger partial charge < -0.3 is 14.6 Å². The minimum atomic E-state index is -0.795. The maximum absolute atomic E-state index is 12.7. The lowest BCUT2D eigenvalue weighted by Gasteiger charge is -2.14. The lowest BCUT2D eigenvalue weighted by molar-refractivity contribution is -0.137. The molecule has 1 saturated heterocycles. The van der Waals surface area contributed by atoms with E-state index in [1.165, 1.54) is 11.8 Å². The third-order valence-electron chi connectivity index (χ3n) is 4.47. The third-order valence-corrected chi connectivity index (χ3v) is 5.84. The summed E-state index contributed by atoms with van der Waals surface area (Å²) in [6.45, 7) is 5.71. The molecule has 1 aromatic carbocycles. The summed E-state index contributed by atoms with van der Waals surface area (Å²) in [5.74, 6) is 0.467. The lowest BCUT2D eigenvalue weighted by atomic mass is 10.1. The van der Waals surface area contributed by atoms with E-state index in [0.29, 0.717) is 46.9 Å². The fourth-order valence-electron chi connectivity index (χ4n) is 2.90. The summed E-state index contributed by atoms with van der Waals surface area (Å²) in [7, 11) is 0. The number of unbranched alkanes of at least 4 members (excludes halogenated alkanes) is 3. The van der Waals surface area contributed by atoms with Gasteiger partial charge in [-0.05, 0) is 50.0 Å². The number of carbonyl (C=O) groups excluding carboxylic acids is 1. The smallest absolute Gasteiger partial charge is 0.303 e. The molecule has 1 aromatic rings. The molecule has 2 rings (SSSR count). The Morgan fingerprint density at radius 1 is 1.17 bits per heavy atom. The SMILES string of the molecule is CCCCOc1ccc(/C=C2\SC(=S)N(CCCCCC(=O)O)C2=O)cc1OCC. The van der Waals surface area contributed by atoms with Crippen LogP contribution in [0.25, 0.3) is 6.08 Å². The molecule has 0 aromatic heterocycles. The second kappa shape index (κ2) is 12.6. The molecular weight excluding hydrogens is 422 g/mol. The Labute approximate surface area is 187 Å². The average molecular weight is 452 g/mol. The van der Waals surface area contributed by atoms with Crippen LogP contribution in [0, 0.1) is 0 Å². The van der Waals surface area contributed by atoms with Gasteiger partial charge >= 0.3 is 5.97 Å². The highest BCUT2D eigenvalue weighted by atomic mass is 32.2. The minimum absolute atomic E-state index is 0.107. The van der Waals surface area contributed by atoms with Crippen molar-refractivity contribution in [2.24, 2.45) is 0 Å². The van der Waals surface area contributed by atoms with Crippen molar-refractivity contribution in [3.05, 3.63) is 28.7 Å². The van der Waals surface area contributed by atoms with Gasteiger partial charge in [-0.2, -0.15) is 0 Å². The first kappa shape index (κ1) is 24.2. The summed E-state index contributed by atoms with van der Waals surface area (Å²) in [4.78, 5) is 25.5. The van der Waals surface area contributed by atoms with Crippen molar-refractivity contribution in [3.8, 4) is 11.5 Å². The number of carbonyl (C=O) groups is 2. The summed E-state index contributed by atoms with van der Waals surface area (Å²) >= 11 is 6.65. The van der Waals surface area contributed by atoms with E-state index in [1.807, 2.05) is 31.2 Å². The van der Waals surface area contributed by atoms with Gasteiger partial charge in [0.25, 0.3) is 5.91 Å². The Balaban J connectivity index is 2.03. The number of ether oxygens (including phenoxy) is 2. The second-order valence-electron chi connectivity index (χ2n) is 6.88.